The van der Waals surface area contributed by atoms with Crippen molar-refractivity contribution in [2.24, 2.45) is 10.9 Å². The Morgan fingerprint density at radius 3 is 2.80 bits per heavy atom. The van der Waals surface area contributed by atoms with Gasteiger partial charge in [-0.15, -0.1) is 0 Å². The van der Waals surface area contributed by atoms with Crippen LogP contribution in [0.2, 0.25) is 0 Å². The molecule has 1 aromatic carbocycles. The van der Waals surface area contributed by atoms with Gasteiger partial charge >= 0.3 is 0 Å². The van der Waals surface area contributed by atoms with Gasteiger partial charge < -0.3 is 15.4 Å². The van der Waals surface area contributed by atoms with Crippen LogP contribution in [0.25, 0.3) is 0 Å². The van der Waals surface area contributed by atoms with Crippen LogP contribution in [0, 0.1) is 0 Å². The van der Waals surface area contributed by atoms with Crippen LogP contribution in [0.5, 0.6) is 0 Å². The lowest BCUT2D eigenvalue weighted by Gasteiger charge is -2.34. The summed E-state index contributed by atoms with van der Waals surface area (Å²) >= 11 is 0. The Morgan fingerprint density at radius 2 is 2.20 bits per heavy atom. The molecule has 1 fully saturated rings. The molecule has 0 amide bonds. The van der Waals surface area contributed by atoms with E-state index in [0.29, 0.717) is 0 Å². The van der Waals surface area contributed by atoms with E-state index < -0.39 is 10.0 Å². The van der Waals surface area contributed by atoms with Crippen LogP contribution in [0.3, 0.4) is 0 Å². The van der Waals surface area contributed by atoms with Gasteiger partial charge in [0, 0.05) is 32.4 Å². The number of benzene rings is 1. The van der Waals surface area contributed by atoms with Crippen molar-refractivity contribution in [2.45, 2.75) is 30.4 Å². The van der Waals surface area contributed by atoms with Crippen molar-refractivity contribution in [2.75, 3.05) is 25.1 Å². The molecule has 1 aliphatic rings. The Labute approximate surface area is 119 Å². The Hall–Kier alpha value is -1.15. The van der Waals surface area contributed by atoms with Crippen molar-refractivity contribution in [3.8, 4) is 0 Å². The van der Waals surface area contributed by atoms with Gasteiger partial charge in [0.2, 0.25) is 10.0 Å². The lowest BCUT2D eigenvalue weighted by molar-refractivity contribution is 0.0893. The van der Waals surface area contributed by atoms with E-state index in [1.54, 1.807) is 19.2 Å². The molecule has 112 valence electrons. The molecule has 0 bridgehead atoms. The van der Waals surface area contributed by atoms with Gasteiger partial charge in [0.1, 0.15) is 0 Å². The minimum atomic E-state index is -3.70. The molecule has 0 spiro atoms. The summed E-state index contributed by atoms with van der Waals surface area (Å²) < 4.78 is 28.2. The molecule has 0 radical (unpaired) electrons. The van der Waals surface area contributed by atoms with Crippen LogP contribution < -0.4 is 15.8 Å². The maximum absolute atomic E-state index is 11.4. The molecular weight excluding hydrogens is 278 g/mol. The lowest BCUT2D eigenvalue weighted by atomic mass is 10.1. The van der Waals surface area contributed by atoms with E-state index in [9.17, 15) is 8.42 Å². The fourth-order valence-corrected chi connectivity index (χ4v) is 3.12. The number of hydrogen-bond acceptors (Lipinski definition) is 5. The van der Waals surface area contributed by atoms with Crippen LogP contribution in [-0.4, -0.2) is 34.7 Å². The third kappa shape index (κ3) is 3.29. The van der Waals surface area contributed by atoms with Crippen molar-refractivity contribution < 1.29 is 13.2 Å². The minimum absolute atomic E-state index is 0.0991. The number of nitrogens with two attached hydrogens (primary N) is 2. The van der Waals surface area contributed by atoms with Gasteiger partial charge in [-0.2, -0.15) is 0 Å². The molecule has 1 aromatic rings. The standard InChI is InChI=1S/C13H21N3O3S/c1-19-11-3-2-6-16(9-11)13-5-4-12(20(15,17)18)7-10(13)8-14/h4-5,7,11H,2-3,6,8-9,14H2,1H3,(H2,15,17,18). The zero-order valence-electron chi connectivity index (χ0n) is 11.6. The van der Waals surface area contributed by atoms with E-state index in [-0.39, 0.29) is 17.5 Å². The number of anilines is 1. The van der Waals surface area contributed by atoms with Gasteiger partial charge in [-0.05, 0) is 36.6 Å². The van der Waals surface area contributed by atoms with Crippen molar-refractivity contribution in [3.05, 3.63) is 23.8 Å². The number of ether oxygens (including phenoxy) is 1. The first-order chi connectivity index (χ1) is 9.45. The molecule has 2 rings (SSSR count). The number of rotatable bonds is 4. The molecule has 4 N–H and O–H groups in total. The Morgan fingerprint density at radius 1 is 1.45 bits per heavy atom. The average Bonchev–Trinajstić information content (AvgIpc) is 2.45. The zero-order chi connectivity index (χ0) is 14.8. The van der Waals surface area contributed by atoms with Gasteiger partial charge in [0.15, 0.2) is 0 Å². The van der Waals surface area contributed by atoms with E-state index in [4.69, 9.17) is 15.6 Å². The second kappa shape index (κ2) is 6.09. The highest BCUT2D eigenvalue weighted by Crippen LogP contribution is 2.27. The molecule has 0 aromatic heterocycles. The predicted molar refractivity (Wildman–Crippen MR) is 78.0 cm³/mol. The van der Waals surface area contributed by atoms with Gasteiger partial charge in [-0.25, -0.2) is 13.6 Å². The average molecular weight is 299 g/mol. The molecule has 1 unspecified atom stereocenters. The van der Waals surface area contributed by atoms with Gasteiger partial charge in [0.25, 0.3) is 0 Å². The third-order valence-electron chi connectivity index (χ3n) is 3.65. The maximum atomic E-state index is 11.4. The first-order valence-corrected chi connectivity index (χ1v) is 8.14. The number of primary sulfonamides is 1. The largest absolute Gasteiger partial charge is 0.380 e. The van der Waals surface area contributed by atoms with Crippen molar-refractivity contribution in [1.29, 1.82) is 0 Å². The number of nitrogens with zero attached hydrogens (tertiary/aromatic N) is 1. The molecule has 0 aliphatic carbocycles. The molecule has 20 heavy (non-hydrogen) atoms. The van der Waals surface area contributed by atoms with Crippen molar-refractivity contribution in [3.63, 3.8) is 0 Å². The molecular formula is C13H21N3O3S. The monoisotopic (exact) mass is 299 g/mol. The Balaban J connectivity index is 2.32. The number of sulfonamides is 1. The molecule has 1 aliphatic heterocycles. The Kier molecular flexibility index (Phi) is 4.64. The van der Waals surface area contributed by atoms with Crippen LogP contribution >= 0.6 is 0 Å². The molecule has 1 saturated heterocycles. The summed E-state index contributed by atoms with van der Waals surface area (Å²) in [6.45, 7) is 1.98. The normalized spacial score (nSPS) is 20.1. The molecule has 1 heterocycles. The fourth-order valence-electron chi connectivity index (χ4n) is 2.56. The fraction of sp³-hybridized carbons (Fsp3) is 0.538. The van der Waals surface area contributed by atoms with Gasteiger partial charge in [-0.1, -0.05) is 0 Å². The SMILES string of the molecule is COC1CCCN(c2ccc(S(N)(=O)=O)cc2CN)C1. The molecule has 1 atom stereocenters. The first kappa shape index (κ1) is 15.2. The molecule has 7 heteroatoms. The second-order valence-electron chi connectivity index (χ2n) is 4.99. The summed E-state index contributed by atoms with van der Waals surface area (Å²) in [5.74, 6) is 0. The summed E-state index contributed by atoms with van der Waals surface area (Å²) in [6.07, 6.45) is 2.28. The quantitative estimate of drug-likeness (QED) is 0.839. The summed E-state index contributed by atoms with van der Waals surface area (Å²) in [6, 6.07) is 4.86. The number of hydrogen-bond donors (Lipinski definition) is 2. The van der Waals surface area contributed by atoms with E-state index >= 15 is 0 Å². The predicted octanol–water partition coefficient (Wildman–Crippen LogP) is 0.408. The van der Waals surface area contributed by atoms with Crippen LogP contribution in [0.1, 0.15) is 18.4 Å². The van der Waals surface area contributed by atoms with E-state index in [2.05, 4.69) is 4.90 Å². The van der Waals surface area contributed by atoms with E-state index in [1.165, 1.54) is 6.07 Å². The van der Waals surface area contributed by atoms with Gasteiger partial charge in [0.05, 0.1) is 11.0 Å². The van der Waals surface area contributed by atoms with Crippen LogP contribution in [0.15, 0.2) is 23.1 Å². The van der Waals surface area contributed by atoms with Crippen molar-refractivity contribution >= 4 is 15.7 Å². The number of piperidine rings is 1. The lowest BCUT2D eigenvalue weighted by Crippen LogP contribution is -2.39. The smallest absolute Gasteiger partial charge is 0.238 e. The molecule has 0 saturated carbocycles. The van der Waals surface area contributed by atoms with Gasteiger partial charge in [-0.3, -0.25) is 0 Å². The Bertz CT molecular complexity index is 574. The zero-order valence-corrected chi connectivity index (χ0v) is 12.4. The summed E-state index contributed by atoms with van der Waals surface area (Å²) in [5.41, 5.74) is 7.49. The first-order valence-electron chi connectivity index (χ1n) is 6.59. The highest BCUT2D eigenvalue weighted by molar-refractivity contribution is 7.89. The minimum Gasteiger partial charge on any atom is -0.380 e. The summed E-state index contributed by atoms with van der Waals surface area (Å²) in [4.78, 5) is 2.29. The van der Waals surface area contributed by atoms with Crippen LogP contribution in [-0.2, 0) is 21.3 Å². The number of methoxy groups -OCH3 is 1. The summed E-state index contributed by atoms with van der Waals surface area (Å²) in [7, 11) is -1.99. The molecule has 6 nitrogen and oxygen atoms in total. The van der Waals surface area contributed by atoms with E-state index in [0.717, 1.165) is 37.2 Å². The summed E-state index contributed by atoms with van der Waals surface area (Å²) in [5, 5.41) is 5.15. The van der Waals surface area contributed by atoms with Crippen LogP contribution in [0.4, 0.5) is 5.69 Å². The van der Waals surface area contributed by atoms with E-state index in [1.807, 2.05) is 0 Å². The highest BCUT2D eigenvalue weighted by Gasteiger charge is 2.22. The third-order valence-corrected chi connectivity index (χ3v) is 4.56. The topological polar surface area (TPSA) is 98.6 Å². The maximum Gasteiger partial charge on any atom is 0.238 e. The highest BCUT2D eigenvalue weighted by atomic mass is 32.2. The second-order valence-corrected chi connectivity index (χ2v) is 6.55. The van der Waals surface area contributed by atoms with Crippen molar-refractivity contribution in [1.82, 2.24) is 0 Å².